The Balaban J connectivity index is 3.68. The van der Waals surface area contributed by atoms with Crippen LogP contribution >= 0.6 is 0 Å². The molecule has 0 bridgehead atoms. The molecule has 0 aromatic carbocycles. The molecule has 16 heavy (non-hydrogen) atoms. The van der Waals surface area contributed by atoms with Crippen LogP contribution in [0, 0.1) is 0 Å². The molecule has 0 heterocycles. The molecule has 1 atom stereocenters. The minimum atomic E-state index is -0.444. The van der Waals surface area contributed by atoms with E-state index in [2.05, 4.69) is 5.32 Å². The van der Waals surface area contributed by atoms with E-state index in [0.29, 0.717) is 13.2 Å². The molecule has 0 amide bonds. The van der Waals surface area contributed by atoms with Crippen molar-refractivity contribution in [1.82, 2.24) is 5.32 Å². The van der Waals surface area contributed by atoms with Gasteiger partial charge in [0, 0.05) is 13.7 Å². The summed E-state index contributed by atoms with van der Waals surface area (Å²) in [5.74, 6) is -0.242. The van der Waals surface area contributed by atoms with Crippen LogP contribution in [0.5, 0.6) is 0 Å². The van der Waals surface area contributed by atoms with E-state index >= 15 is 0 Å². The second kappa shape index (κ2) is 7.60. The molecule has 5 heteroatoms. The van der Waals surface area contributed by atoms with Gasteiger partial charge in [-0.2, -0.15) is 0 Å². The summed E-state index contributed by atoms with van der Waals surface area (Å²) >= 11 is 0. The minimum absolute atomic E-state index is 0.0117. The van der Waals surface area contributed by atoms with E-state index in [1.54, 1.807) is 7.11 Å². The van der Waals surface area contributed by atoms with Crippen molar-refractivity contribution in [3.63, 3.8) is 0 Å². The molecular formula is C11H23NO4. The highest BCUT2D eigenvalue weighted by atomic mass is 16.6. The van der Waals surface area contributed by atoms with Crippen molar-refractivity contribution in [1.29, 1.82) is 0 Å². The highest BCUT2D eigenvalue weighted by Gasteiger charge is 2.16. The number of aliphatic hydroxyl groups is 1. The molecule has 2 N–H and O–H groups in total. The summed E-state index contributed by atoms with van der Waals surface area (Å²) in [6.45, 7) is 6.38. The lowest BCUT2D eigenvalue weighted by atomic mass is 10.2. The first kappa shape index (κ1) is 15.3. The van der Waals surface area contributed by atoms with E-state index < -0.39 is 5.60 Å². The van der Waals surface area contributed by atoms with Crippen LogP contribution in [0.4, 0.5) is 0 Å². The maximum absolute atomic E-state index is 11.3. The second-order valence-corrected chi connectivity index (χ2v) is 4.63. The topological polar surface area (TPSA) is 67.8 Å². The molecule has 0 aliphatic carbocycles. The second-order valence-electron chi connectivity index (χ2n) is 4.63. The Morgan fingerprint density at radius 2 is 2.06 bits per heavy atom. The molecule has 0 fully saturated rings. The Hall–Kier alpha value is -0.650. The van der Waals surface area contributed by atoms with E-state index in [0.717, 1.165) is 0 Å². The number of esters is 1. The molecule has 96 valence electrons. The largest absolute Gasteiger partial charge is 0.460 e. The Morgan fingerprint density at radius 3 is 2.50 bits per heavy atom. The fraction of sp³-hybridized carbons (Fsp3) is 0.909. The van der Waals surface area contributed by atoms with Crippen molar-refractivity contribution in [2.24, 2.45) is 0 Å². The molecule has 0 radical (unpaired) electrons. The molecular weight excluding hydrogens is 210 g/mol. The molecule has 0 saturated heterocycles. The lowest BCUT2D eigenvalue weighted by Gasteiger charge is -2.20. The van der Waals surface area contributed by atoms with Crippen molar-refractivity contribution >= 4 is 5.97 Å². The Labute approximate surface area is 97.1 Å². The van der Waals surface area contributed by atoms with E-state index in [4.69, 9.17) is 14.6 Å². The standard InChI is InChI=1S/C11H23NO4/c1-11(2,3)16-10(14)5-6-12-9(7-13)8-15-4/h9,12-13H,5-8H2,1-4H3. The van der Waals surface area contributed by atoms with E-state index in [-0.39, 0.29) is 25.0 Å². The summed E-state index contributed by atoms with van der Waals surface area (Å²) in [5.41, 5.74) is -0.444. The van der Waals surface area contributed by atoms with Crippen LogP contribution in [-0.4, -0.2) is 49.6 Å². The van der Waals surface area contributed by atoms with Crippen LogP contribution in [0.15, 0.2) is 0 Å². The molecule has 0 saturated carbocycles. The summed E-state index contributed by atoms with van der Waals surface area (Å²) in [5, 5.41) is 12.0. The Kier molecular flexibility index (Phi) is 7.29. The third-order valence-electron chi connectivity index (χ3n) is 1.77. The summed E-state index contributed by atoms with van der Waals surface area (Å²) in [4.78, 5) is 11.3. The number of methoxy groups -OCH3 is 1. The molecule has 0 aromatic heterocycles. The van der Waals surface area contributed by atoms with Crippen molar-refractivity contribution in [3.05, 3.63) is 0 Å². The predicted octanol–water partition coefficient (Wildman–Crippen LogP) is 0.315. The number of hydrogen-bond donors (Lipinski definition) is 2. The maximum atomic E-state index is 11.3. The number of nitrogens with one attached hydrogen (secondary N) is 1. The summed E-state index contributed by atoms with van der Waals surface area (Å²) in [6.07, 6.45) is 0.289. The minimum Gasteiger partial charge on any atom is -0.460 e. The molecule has 1 unspecified atom stereocenters. The first-order valence-corrected chi connectivity index (χ1v) is 5.44. The van der Waals surface area contributed by atoms with Gasteiger partial charge in [0.05, 0.1) is 25.7 Å². The number of carbonyl (C=O) groups is 1. The fourth-order valence-corrected chi connectivity index (χ4v) is 1.15. The van der Waals surface area contributed by atoms with Gasteiger partial charge in [-0.05, 0) is 20.8 Å². The van der Waals surface area contributed by atoms with Crippen LogP contribution in [0.25, 0.3) is 0 Å². The zero-order valence-electron chi connectivity index (χ0n) is 10.6. The number of ether oxygens (including phenoxy) is 2. The van der Waals surface area contributed by atoms with Crippen LogP contribution in [-0.2, 0) is 14.3 Å². The SMILES string of the molecule is COCC(CO)NCCC(=O)OC(C)(C)C. The molecule has 0 aromatic rings. The first-order valence-electron chi connectivity index (χ1n) is 5.44. The number of hydrogen-bond acceptors (Lipinski definition) is 5. The van der Waals surface area contributed by atoms with Gasteiger partial charge in [-0.15, -0.1) is 0 Å². The number of rotatable bonds is 7. The summed E-state index contributed by atoms with van der Waals surface area (Å²) < 4.78 is 10.0. The maximum Gasteiger partial charge on any atom is 0.307 e. The van der Waals surface area contributed by atoms with Crippen LogP contribution in [0.2, 0.25) is 0 Å². The van der Waals surface area contributed by atoms with Crippen LogP contribution in [0.3, 0.4) is 0 Å². The van der Waals surface area contributed by atoms with Crippen LogP contribution < -0.4 is 5.32 Å². The Morgan fingerprint density at radius 1 is 1.44 bits per heavy atom. The average molecular weight is 233 g/mol. The van der Waals surface area contributed by atoms with E-state index in [1.165, 1.54) is 0 Å². The van der Waals surface area contributed by atoms with Crippen LogP contribution in [0.1, 0.15) is 27.2 Å². The van der Waals surface area contributed by atoms with Crippen molar-refractivity contribution < 1.29 is 19.4 Å². The highest BCUT2D eigenvalue weighted by Crippen LogP contribution is 2.07. The summed E-state index contributed by atoms with van der Waals surface area (Å²) in [6, 6.07) is -0.132. The zero-order chi connectivity index (χ0) is 12.6. The number of carbonyl (C=O) groups excluding carboxylic acids is 1. The van der Waals surface area contributed by atoms with Gasteiger partial charge >= 0.3 is 5.97 Å². The molecule has 0 rings (SSSR count). The number of aliphatic hydroxyl groups excluding tert-OH is 1. The molecule has 0 spiro atoms. The average Bonchev–Trinajstić information content (AvgIpc) is 2.13. The summed E-state index contributed by atoms with van der Waals surface area (Å²) in [7, 11) is 1.57. The van der Waals surface area contributed by atoms with Crippen molar-refractivity contribution in [2.75, 3.05) is 26.9 Å². The van der Waals surface area contributed by atoms with Gasteiger partial charge in [-0.3, -0.25) is 4.79 Å². The van der Waals surface area contributed by atoms with Gasteiger partial charge in [0.15, 0.2) is 0 Å². The van der Waals surface area contributed by atoms with Gasteiger partial charge in [0.2, 0.25) is 0 Å². The molecule has 0 aliphatic heterocycles. The highest BCUT2D eigenvalue weighted by molar-refractivity contribution is 5.70. The lowest BCUT2D eigenvalue weighted by Crippen LogP contribution is -2.38. The molecule has 0 aliphatic rings. The van der Waals surface area contributed by atoms with Crippen molar-refractivity contribution in [2.45, 2.75) is 38.8 Å². The van der Waals surface area contributed by atoms with Gasteiger partial charge < -0.3 is 19.9 Å². The molecule has 5 nitrogen and oxygen atoms in total. The van der Waals surface area contributed by atoms with Gasteiger partial charge in [-0.1, -0.05) is 0 Å². The normalized spacial score (nSPS) is 13.6. The van der Waals surface area contributed by atoms with Crippen molar-refractivity contribution in [3.8, 4) is 0 Å². The predicted molar refractivity (Wildman–Crippen MR) is 61.2 cm³/mol. The van der Waals surface area contributed by atoms with E-state index in [9.17, 15) is 4.79 Å². The van der Waals surface area contributed by atoms with E-state index in [1.807, 2.05) is 20.8 Å². The monoisotopic (exact) mass is 233 g/mol. The smallest absolute Gasteiger partial charge is 0.307 e. The van der Waals surface area contributed by atoms with Gasteiger partial charge in [0.25, 0.3) is 0 Å². The zero-order valence-corrected chi connectivity index (χ0v) is 10.6. The fourth-order valence-electron chi connectivity index (χ4n) is 1.15. The third-order valence-corrected chi connectivity index (χ3v) is 1.77. The first-order chi connectivity index (χ1) is 7.39. The van der Waals surface area contributed by atoms with Gasteiger partial charge in [-0.25, -0.2) is 0 Å². The quantitative estimate of drug-likeness (QED) is 0.620. The lowest BCUT2D eigenvalue weighted by molar-refractivity contribution is -0.154. The van der Waals surface area contributed by atoms with Gasteiger partial charge in [0.1, 0.15) is 5.60 Å². The Bertz CT molecular complexity index is 201. The third kappa shape index (κ3) is 8.64.